The van der Waals surface area contributed by atoms with Crippen LogP contribution >= 0.6 is 0 Å². The van der Waals surface area contributed by atoms with Gasteiger partial charge in [0.05, 0.1) is 0 Å². The van der Waals surface area contributed by atoms with Gasteiger partial charge in [0.15, 0.2) is 0 Å². The lowest BCUT2D eigenvalue weighted by atomic mass is 9.69. The molecule has 0 atom stereocenters. The molecule has 0 spiro atoms. The maximum Gasteiger partial charge on any atom is -0.0110 e. The molecule has 0 saturated heterocycles. The van der Waals surface area contributed by atoms with Crippen molar-refractivity contribution in [3.63, 3.8) is 0 Å². The summed E-state index contributed by atoms with van der Waals surface area (Å²) in [5.74, 6) is 0. The minimum Gasteiger partial charge on any atom is -0.0817 e. The van der Waals surface area contributed by atoms with E-state index in [0.717, 1.165) is 0 Å². The van der Waals surface area contributed by atoms with Gasteiger partial charge in [-0.15, -0.1) is 0 Å². The molecule has 1 aliphatic carbocycles. The predicted octanol–water partition coefficient (Wildman–Crippen LogP) is 21.7. The Kier molecular flexibility index (Phi) is 40.8. The SMILES string of the molecule is CCCCCCCCCCCCCC1(CCCCCCCCCCCCC)C=CC(CCCCCCCCCCCCC)(CCCCCCCCCCCCC)C1. The molecular formula is C57H112. The molecule has 0 radical (unpaired) electrons. The molecule has 0 aromatic carbocycles. The second kappa shape index (κ2) is 42.4. The molecule has 0 bridgehead atoms. The zero-order chi connectivity index (χ0) is 41.1. The predicted molar refractivity (Wildman–Crippen MR) is 263 cm³/mol. The number of hydrogen-bond donors (Lipinski definition) is 0. The summed E-state index contributed by atoms with van der Waals surface area (Å²) in [7, 11) is 0. The molecule has 1 aliphatic rings. The summed E-state index contributed by atoms with van der Waals surface area (Å²) in [5, 5.41) is 0. The van der Waals surface area contributed by atoms with Gasteiger partial charge in [-0.1, -0.05) is 322 Å². The Bertz CT molecular complexity index is 674. The molecule has 0 aromatic rings. The van der Waals surface area contributed by atoms with E-state index in [1.807, 2.05) is 0 Å². The molecule has 0 amide bonds. The average molecular weight is 798 g/mol. The summed E-state index contributed by atoms with van der Waals surface area (Å²) in [5.41, 5.74) is 1.02. The lowest BCUT2D eigenvalue weighted by molar-refractivity contribution is 0.183. The fraction of sp³-hybridized carbons (Fsp3) is 0.965. The summed E-state index contributed by atoms with van der Waals surface area (Å²) in [6.07, 6.45) is 77.6. The summed E-state index contributed by atoms with van der Waals surface area (Å²) >= 11 is 0. The molecule has 0 aromatic heterocycles. The van der Waals surface area contributed by atoms with Crippen LogP contribution in [0.1, 0.15) is 342 Å². The van der Waals surface area contributed by atoms with E-state index >= 15 is 0 Å². The van der Waals surface area contributed by atoms with Gasteiger partial charge < -0.3 is 0 Å². The highest BCUT2D eigenvalue weighted by atomic mass is 14.5. The first-order valence-corrected chi connectivity index (χ1v) is 27.9. The molecule has 0 unspecified atom stereocenters. The highest BCUT2D eigenvalue weighted by Gasteiger charge is 2.42. The Labute approximate surface area is 363 Å². The van der Waals surface area contributed by atoms with Crippen molar-refractivity contribution in [2.75, 3.05) is 0 Å². The molecule has 0 heterocycles. The van der Waals surface area contributed by atoms with Gasteiger partial charge in [0, 0.05) is 0 Å². The molecule has 0 N–H and O–H groups in total. The Hall–Kier alpha value is -0.260. The number of hydrogen-bond acceptors (Lipinski definition) is 0. The van der Waals surface area contributed by atoms with Gasteiger partial charge in [0.25, 0.3) is 0 Å². The Morgan fingerprint density at radius 3 is 0.509 bits per heavy atom. The van der Waals surface area contributed by atoms with Crippen molar-refractivity contribution >= 4 is 0 Å². The first-order valence-electron chi connectivity index (χ1n) is 27.9. The number of allylic oxidation sites excluding steroid dienone is 2. The van der Waals surface area contributed by atoms with Gasteiger partial charge in [0.2, 0.25) is 0 Å². The van der Waals surface area contributed by atoms with Gasteiger partial charge in [-0.05, 0) is 42.9 Å². The second-order valence-electron chi connectivity index (χ2n) is 20.4. The van der Waals surface area contributed by atoms with Crippen LogP contribution in [-0.4, -0.2) is 0 Å². The molecule has 0 fully saturated rings. The van der Waals surface area contributed by atoms with Crippen molar-refractivity contribution in [2.24, 2.45) is 10.8 Å². The third-order valence-electron chi connectivity index (χ3n) is 14.6. The van der Waals surface area contributed by atoms with Crippen LogP contribution in [0.4, 0.5) is 0 Å². The van der Waals surface area contributed by atoms with E-state index in [1.165, 1.54) is 315 Å². The summed E-state index contributed by atoms with van der Waals surface area (Å²) in [4.78, 5) is 0. The highest BCUT2D eigenvalue weighted by Crippen LogP contribution is 2.54. The van der Waals surface area contributed by atoms with Crippen LogP contribution in [0.2, 0.25) is 0 Å². The van der Waals surface area contributed by atoms with Gasteiger partial charge in [-0.2, -0.15) is 0 Å². The van der Waals surface area contributed by atoms with E-state index in [0.29, 0.717) is 10.8 Å². The van der Waals surface area contributed by atoms with E-state index in [1.54, 1.807) is 0 Å². The van der Waals surface area contributed by atoms with E-state index in [4.69, 9.17) is 0 Å². The topological polar surface area (TPSA) is 0 Å². The third kappa shape index (κ3) is 34.1. The lowest BCUT2D eigenvalue weighted by Gasteiger charge is -2.36. The van der Waals surface area contributed by atoms with Crippen molar-refractivity contribution in [1.29, 1.82) is 0 Å². The van der Waals surface area contributed by atoms with E-state index in [9.17, 15) is 0 Å². The minimum atomic E-state index is 0.508. The Balaban J connectivity index is 2.67. The summed E-state index contributed by atoms with van der Waals surface area (Å²) in [6.45, 7) is 9.34. The molecule has 0 heteroatoms. The number of unbranched alkanes of at least 4 members (excludes halogenated alkanes) is 40. The van der Waals surface area contributed by atoms with Crippen LogP contribution in [0.5, 0.6) is 0 Å². The molecule has 0 saturated carbocycles. The third-order valence-corrected chi connectivity index (χ3v) is 14.6. The van der Waals surface area contributed by atoms with Crippen LogP contribution < -0.4 is 0 Å². The van der Waals surface area contributed by atoms with Crippen molar-refractivity contribution < 1.29 is 0 Å². The van der Waals surface area contributed by atoms with Crippen LogP contribution in [0.3, 0.4) is 0 Å². The van der Waals surface area contributed by atoms with Crippen molar-refractivity contribution in [2.45, 2.75) is 342 Å². The standard InChI is InChI=1S/C57H112/c1-5-9-13-17-21-25-29-33-37-41-45-49-56(50-46-42-38-34-30-26-22-18-14-10-6-2)53-54-57(55-56,51-47-43-39-35-31-27-23-19-15-11-7-3)52-48-44-40-36-32-28-24-20-16-12-8-4/h53-54H,5-52,55H2,1-4H3. The first kappa shape index (κ1) is 54.8. The zero-order valence-electron chi connectivity index (χ0n) is 40.8. The average Bonchev–Trinajstić information content (AvgIpc) is 3.58. The molecule has 340 valence electrons. The maximum absolute atomic E-state index is 2.87. The second-order valence-corrected chi connectivity index (χ2v) is 20.4. The van der Waals surface area contributed by atoms with Crippen molar-refractivity contribution in [3.05, 3.63) is 12.2 Å². The molecule has 0 nitrogen and oxygen atoms in total. The minimum absolute atomic E-state index is 0.508. The monoisotopic (exact) mass is 797 g/mol. The van der Waals surface area contributed by atoms with E-state index < -0.39 is 0 Å². The largest absolute Gasteiger partial charge is 0.0817 e. The molecule has 0 aliphatic heterocycles. The maximum atomic E-state index is 2.87. The zero-order valence-corrected chi connectivity index (χ0v) is 40.8. The summed E-state index contributed by atoms with van der Waals surface area (Å²) < 4.78 is 0. The molecule has 57 heavy (non-hydrogen) atoms. The van der Waals surface area contributed by atoms with Crippen molar-refractivity contribution in [3.8, 4) is 0 Å². The fourth-order valence-corrected chi connectivity index (χ4v) is 10.7. The first-order chi connectivity index (χ1) is 28.2. The van der Waals surface area contributed by atoms with Crippen LogP contribution in [0.15, 0.2) is 12.2 Å². The normalized spacial score (nSPS) is 14.7. The van der Waals surface area contributed by atoms with Gasteiger partial charge in [-0.25, -0.2) is 0 Å². The van der Waals surface area contributed by atoms with Crippen LogP contribution in [0, 0.1) is 10.8 Å². The number of rotatable bonds is 48. The molecular weight excluding hydrogens is 685 g/mol. The Morgan fingerprint density at radius 2 is 0.351 bits per heavy atom. The van der Waals surface area contributed by atoms with E-state index in [-0.39, 0.29) is 0 Å². The van der Waals surface area contributed by atoms with Crippen LogP contribution in [0.25, 0.3) is 0 Å². The fourth-order valence-electron chi connectivity index (χ4n) is 10.7. The van der Waals surface area contributed by atoms with Crippen molar-refractivity contribution in [1.82, 2.24) is 0 Å². The smallest absolute Gasteiger partial charge is 0.0110 e. The lowest BCUT2D eigenvalue weighted by Crippen LogP contribution is -2.24. The van der Waals surface area contributed by atoms with Crippen LogP contribution in [-0.2, 0) is 0 Å². The Morgan fingerprint density at radius 1 is 0.211 bits per heavy atom. The highest BCUT2D eigenvalue weighted by molar-refractivity contribution is 5.17. The summed E-state index contributed by atoms with van der Waals surface area (Å²) in [6, 6.07) is 0. The van der Waals surface area contributed by atoms with Gasteiger partial charge in [-0.3, -0.25) is 0 Å². The quantitative estimate of drug-likeness (QED) is 0.0425. The molecule has 1 rings (SSSR count). The van der Waals surface area contributed by atoms with Gasteiger partial charge in [0.1, 0.15) is 0 Å². The van der Waals surface area contributed by atoms with E-state index in [2.05, 4.69) is 39.8 Å². The van der Waals surface area contributed by atoms with Gasteiger partial charge >= 0.3 is 0 Å².